The number of hydrogen-bond donors (Lipinski definition) is 1. The first-order chi connectivity index (χ1) is 15.5. The van der Waals surface area contributed by atoms with E-state index < -0.39 is 5.92 Å². The number of ether oxygens (including phenoxy) is 3. The number of thiazole rings is 1. The van der Waals surface area contributed by atoms with Gasteiger partial charge >= 0.3 is 0 Å². The van der Waals surface area contributed by atoms with Crippen LogP contribution in [0.15, 0.2) is 47.8 Å². The first-order valence-corrected chi connectivity index (χ1v) is 10.8. The fraction of sp³-hybridized carbons (Fsp3) is 0.261. The summed E-state index contributed by atoms with van der Waals surface area (Å²) < 4.78 is 15.8. The van der Waals surface area contributed by atoms with E-state index in [1.54, 1.807) is 38.4 Å². The Bertz CT molecular complexity index is 1130. The van der Waals surface area contributed by atoms with Crippen LogP contribution in [0, 0.1) is 5.92 Å². The summed E-state index contributed by atoms with van der Waals surface area (Å²) in [7, 11) is 4.75. The Hall–Kier alpha value is -3.59. The molecule has 0 unspecified atom stereocenters. The average Bonchev–Trinajstić information content (AvgIpc) is 3.45. The van der Waals surface area contributed by atoms with Gasteiger partial charge in [-0.1, -0.05) is 0 Å². The predicted octanol–water partition coefficient (Wildman–Crippen LogP) is 3.83. The predicted molar refractivity (Wildman–Crippen MR) is 123 cm³/mol. The lowest BCUT2D eigenvalue weighted by atomic mass is 10.1. The molecule has 32 heavy (non-hydrogen) atoms. The van der Waals surface area contributed by atoms with Crippen molar-refractivity contribution in [2.45, 2.75) is 6.42 Å². The number of benzene rings is 2. The summed E-state index contributed by atoms with van der Waals surface area (Å²) in [4.78, 5) is 31.4. The third kappa shape index (κ3) is 4.38. The SMILES string of the molecule is COc1ccc(N2C[C@@H](C(=O)Nc3nc(-c4ccc(OC)c(OC)c4)cs3)CC2=O)cc1. The molecule has 0 aliphatic carbocycles. The first-order valence-electron chi connectivity index (χ1n) is 9.95. The van der Waals surface area contributed by atoms with E-state index in [9.17, 15) is 9.59 Å². The van der Waals surface area contributed by atoms with Gasteiger partial charge in [0.25, 0.3) is 0 Å². The molecule has 4 rings (SSSR count). The zero-order chi connectivity index (χ0) is 22.7. The average molecular weight is 454 g/mol. The fourth-order valence-corrected chi connectivity index (χ4v) is 4.28. The smallest absolute Gasteiger partial charge is 0.231 e. The van der Waals surface area contributed by atoms with E-state index >= 15 is 0 Å². The molecule has 0 spiro atoms. The van der Waals surface area contributed by atoms with E-state index in [1.165, 1.54) is 11.3 Å². The highest BCUT2D eigenvalue weighted by molar-refractivity contribution is 7.14. The lowest BCUT2D eigenvalue weighted by Gasteiger charge is -2.16. The Morgan fingerprint density at radius 1 is 1.06 bits per heavy atom. The Morgan fingerprint density at radius 3 is 2.50 bits per heavy atom. The highest BCUT2D eigenvalue weighted by atomic mass is 32.1. The monoisotopic (exact) mass is 453 g/mol. The summed E-state index contributed by atoms with van der Waals surface area (Å²) in [6.45, 7) is 0.324. The number of amides is 2. The molecule has 1 atom stereocenters. The lowest BCUT2D eigenvalue weighted by molar-refractivity contribution is -0.122. The number of nitrogens with zero attached hydrogens (tertiary/aromatic N) is 2. The first kappa shape index (κ1) is 21.6. The van der Waals surface area contributed by atoms with Crippen molar-refractivity contribution in [3.8, 4) is 28.5 Å². The van der Waals surface area contributed by atoms with E-state index in [4.69, 9.17) is 14.2 Å². The van der Waals surface area contributed by atoms with Crippen molar-refractivity contribution in [2.24, 2.45) is 5.92 Å². The van der Waals surface area contributed by atoms with Crippen LogP contribution in [0.3, 0.4) is 0 Å². The maximum atomic E-state index is 12.8. The normalized spacial score (nSPS) is 15.5. The molecule has 1 saturated heterocycles. The third-order valence-electron chi connectivity index (χ3n) is 5.29. The highest BCUT2D eigenvalue weighted by Crippen LogP contribution is 2.34. The second-order valence-electron chi connectivity index (χ2n) is 7.20. The van der Waals surface area contributed by atoms with Gasteiger partial charge in [-0.15, -0.1) is 11.3 Å². The Morgan fingerprint density at radius 2 is 1.81 bits per heavy atom. The second-order valence-corrected chi connectivity index (χ2v) is 8.06. The molecule has 9 heteroatoms. The van der Waals surface area contributed by atoms with E-state index in [0.717, 1.165) is 11.3 Å². The maximum Gasteiger partial charge on any atom is 0.231 e. The van der Waals surface area contributed by atoms with Gasteiger partial charge in [-0.2, -0.15) is 0 Å². The molecule has 0 bridgehead atoms. The molecule has 0 radical (unpaired) electrons. The van der Waals surface area contributed by atoms with Gasteiger partial charge in [0.15, 0.2) is 16.6 Å². The molecule has 1 N–H and O–H groups in total. The zero-order valence-corrected chi connectivity index (χ0v) is 18.8. The number of methoxy groups -OCH3 is 3. The molecule has 1 fully saturated rings. The van der Waals surface area contributed by atoms with Crippen molar-refractivity contribution in [3.05, 3.63) is 47.8 Å². The number of anilines is 2. The van der Waals surface area contributed by atoms with E-state index in [1.807, 2.05) is 35.7 Å². The van der Waals surface area contributed by atoms with Gasteiger partial charge in [0, 0.05) is 29.6 Å². The zero-order valence-electron chi connectivity index (χ0n) is 18.0. The minimum atomic E-state index is -0.446. The number of carbonyl (C=O) groups excluding carboxylic acids is 2. The lowest BCUT2D eigenvalue weighted by Crippen LogP contribution is -2.28. The van der Waals surface area contributed by atoms with Crippen molar-refractivity contribution >= 4 is 34.0 Å². The molecular weight excluding hydrogens is 430 g/mol. The van der Waals surface area contributed by atoms with Gasteiger partial charge in [-0.3, -0.25) is 9.59 Å². The van der Waals surface area contributed by atoms with Gasteiger partial charge in [0.05, 0.1) is 32.9 Å². The molecule has 1 aliphatic heterocycles. The second kappa shape index (κ2) is 9.27. The van der Waals surface area contributed by atoms with Crippen molar-refractivity contribution in [3.63, 3.8) is 0 Å². The van der Waals surface area contributed by atoms with Gasteiger partial charge in [-0.25, -0.2) is 4.98 Å². The Labute approximate surface area is 189 Å². The molecule has 8 nitrogen and oxygen atoms in total. The summed E-state index contributed by atoms with van der Waals surface area (Å²) in [5, 5.41) is 5.19. The molecule has 1 aromatic heterocycles. The fourth-order valence-electron chi connectivity index (χ4n) is 3.56. The van der Waals surface area contributed by atoms with Crippen LogP contribution in [0.25, 0.3) is 11.3 Å². The topological polar surface area (TPSA) is 90.0 Å². The van der Waals surface area contributed by atoms with Crippen molar-refractivity contribution in [1.82, 2.24) is 4.98 Å². The Kier molecular flexibility index (Phi) is 6.27. The van der Waals surface area contributed by atoms with Crippen LogP contribution >= 0.6 is 11.3 Å². The van der Waals surface area contributed by atoms with Gasteiger partial charge in [-0.05, 0) is 42.5 Å². The van der Waals surface area contributed by atoms with E-state index in [2.05, 4.69) is 10.3 Å². The van der Waals surface area contributed by atoms with Crippen molar-refractivity contribution in [1.29, 1.82) is 0 Å². The summed E-state index contributed by atoms with van der Waals surface area (Å²) in [5.74, 6) is 1.20. The molecule has 0 saturated carbocycles. The van der Waals surface area contributed by atoms with Crippen LogP contribution in [0.4, 0.5) is 10.8 Å². The minimum absolute atomic E-state index is 0.0829. The summed E-state index contributed by atoms with van der Waals surface area (Å²) in [5.41, 5.74) is 2.31. The molecular formula is C23H23N3O5S. The largest absolute Gasteiger partial charge is 0.497 e. The summed E-state index contributed by atoms with van der Waals surface area (Å²) in [6, 6.07) is 12.7. The standard InChI is InChI=1S/C23H23N3O5S/c1-29-17-7-5-16(6-8-17)26-12-15(11-21(26)27)22(28)25-23-24-18(13-32-23)14-4-9-19(30-2)20(10-14)31-3/h4-10,13,15H,11-12H2,1-3H3,(H,24,25,28)/t15-/m0/s1. The van der Waals surface area contributed by atoms with Crippen LogP contribution < -0.4 is 24.4 Å². The third-order valence-corrected chi connectivity index (χ3v) is 6.05. The number of hydrogen-bond acceptors (Lipinski definition) is 7. The number of aromatic nitrogens is 1. The molecule has 2 aromatic carbocycles. The van der Waals surface area contributed by atoms with Gasteiger partial charge in [0.1, 0.15) is 5.75 Å². The van der Waals surface area contributed by atoms with Crippen LogP contribution in [0.2, 0.25) is 0 Å². The molecule has 3 aromatic rings. The molecule has 2 heterocycles. The summed E-state index contributed by atoms with van der Waals surface area (Å²) >= 11 is 1.33. The van der Waals surface area contributed by atoms with Crippen molar-refractivity contribution < 1.29 is 23.8 Å². The van der Waals surface area contributed by atoms with Crippen molar-refractivity contribution in [2.75, 3.05) is 38.1 Å². The highest BCUT2D eigenvalue weighted by Gasteiger charge is 2.35. The van der Waals surface area contributed by atoms with Crippen LogP contribution in [0.1, 0.15) is 6.42 Å². The maximum absolute atomic E-state index is 12.8. The summed E-state index contributed by atoms with van der Waals surface area (Å²) in [6.07, 6.45) is 0.159. The molecule has 2 amide bonds. The minimum Gasteiger partial charge on any atom is -0.497 e. The number of rotatable bonds is 7. The number of nitrogens with one attached hydrogen (secondary N) is 1. The number of carbonyl (C=O) groups is 2. The Balaban J connectivity index is 1.42. The van der Waals surface area contributed by atoms with Gasteiger partial charge < -0.3 is 24.4 Å². The van der Waals surface area contributed by atoms with E-state index in [-0.39, 0.29) is 18.2 Å². The molecule has 1 aliphatic rings. The quantitative estimate of drug-likeness (QED) is 0.585. The van der Waals surface area contributed by atoms with Crippen LogP contribution in [-0.4, -0.2) is 44.7 Å². The van der Waals surface area contributed by atoms with Gasteiger partial charge in [0.2, 0.25) is 11.8 Å². The van der Waals surface area contributed by atoms with Crippen LogP contribution in [0.5, 0.6) is 17.2 Å². The van der Waals surface area contributed by atoms with Crippen LogP contribution in [-0.2, 0) is 9.59 Å². The molecule has 166 valence electrons. The van der Waals surface area contributed by atoms with E-state index in [0.29, 0.717) is 34.6 Å².